The zero-order valence-corrected chi connectivity index (χ0v) is 10.2. The first-order chi connectivity index (χ1) is 8.06. The van der Waals surface area contributed by atoms with E-state index in [4.69, 9.17) is 10.5 Å². The highest BCUT2D eigenvalue weighted by molar-refractivity contribution is 6.41. The summed E-state index contributed by atoms with van der Waals surface area (Å²) < 4.78 is 0. The van der Waals surface area contributed by atoms with Crippen molar-refractivity contribution in [3.63, 3.8) is 0 Å². The average Bonchev–Trinajstić information content (AvgIpc) is 2.30. The van der Waals surface area contributed by atoms with Gasteiger partial charge in [-0.05, 0) is 19.3 Å². The van der Waals surface area contributed by atoms with Crippen LogP contribution in [0.25, 0.3) is 0 Å². The maximum Gasteiger partial charge on any atom is 0.312 e. The normalized spacial score (nSPS) is 18.4. The summed E-state index contributed by atoms with van der Waals surface area (Å²) in [5.41, 5.74) is -0.328. The van der Waals surface area contributed by atoms with Crippen LogP contribution in [-0.4, -0.2) is 28.7 Å². The van der Waals surface area contributed by atoms with Crippen molar-refractivity contribution < 1.29 is 14.7 Å². The molecule has 0 heterocycles. The molecule has 5 heteroatoms. The summed E-state index contributed by atoms with van der Waals surface area (Å²) in [6.07, 6.45) is 5.51. The van der Waals surface area contributed by atoms with E-state index in [0.29, 0.717) is 0 Å². The monoisotopic (exact) mass is 240 g/mol. The average molecular weight is 240 g/mol. The van der Waals surface area contributed by atoms with Crippen LogP contribution in [-0.2, 0) is 9.59 Å². The predicted octanol–water partition coefficient (Wildman–Crippen LogP) is 1.57. The highest BCUT2D eigenvalue weighted by atomic mass is 16.4. The lowest BCUT2D eigenvalue weighted by Crippen LogP contribution is -2.43. The lowest BCUT2D eigenvalue weighted by Gasteiger charge is -2.23. The van der Waals surface area contributed by atoms with E-state index in [2.05, 4.69) is 5.32 Å². The Balaban J connectivity index is 2.50. The van der Waals surface area contributed by atoms with Crippen molar-refractivity contribution in [2.75, 3.05) is 0 Å². The molecular formula is C12H20N2O3. The number of carboxylic acid groups (broad SMARTS) is 1. The van der Waals surface area contributed by atoms with Gasteiger partial charge in [-0.2, -0.15) is 0 Å². The second-order valence-corrected chi connectivity index (χ2v) is 4.52. The summed E-state index contributed by atoms with van der Waals surface area (Å²) in [7, 11) is 0. The van der Waals surface area contributed by atoms with Gasteiger partial charge in [0.05, 0.1) is 0 Å². The van der Waals surface area contributed by atoms with E-state index in [1.807, 2.05) is 0 Å². The molecule has 1 fully saturated rings. The molecular weight excluding hydrogens is 220 g/mol. The van der Waals surface area contributed by atoms with E-state index in [1.54, 1.807) is 6.92 Å². The maximum absolute atomic E-state index is 11.7. The molecule has 0 aromatic heterocycles. The van der Waals surface area contributed by atoms with Crippen LogP contribution in [0.1, 0.15) is 45.4 Å². The number of carbonyl (C=O) groups excluding carboxylic acids is 1. The highest BCUT2D eigenvalue weighted by Gasteiger charge is 2.27. The van der Waals surface area contributed by atoms with Gasteiger partial charge in [0.1, 0.15) is 11.6 Å². The largest absolute Gasteiger partial charge is 0.481 e. The number of carbonyl (C=O) groups is 2. The van der Waals surface area contributed by atoms with Gasteiger partial charge in [-0.15, -0.1) is 0 Å². The molecule has 1 atom stereocenters. The van der Waals surface area contributed by atoms with Crippen LogP contribution < -0.4 is 5.32 Å². The molecule has 1 aliphatic carbocycles. The minimum atomic E-state index is -1.10. The molecule has 0 aliphatic heterocycles. The third-order valence-electron chi connectivity index (χ3n) is 3.24. The van der Waals surface area contributed by atoms with Gasteiger partial charge in [0.2, 0.25) is 0 Å². The van der Waals surface area contributed by atoms with Crippen LogP contribution in [0.2, 0.25) is 0 Å². The smallest absolute Gasteiger partial charge is 0.312 e. The zero-order valence-electron chi connectivity index (χ0n) is 10.2. The van der Waals surface area contributed by atoms with Crippen molar-refractivity contribution in [3.05, 3.63) is 0 Å². The molecule has 1 aliphatic rings. The Morgan fingerprint density at radius 3 is 2.41 bits per heavy atom. The summed E-state index contributed by atoms with van der Waals surface area (Å²) in [5, 5.41) is 19.2. The van der Waals surface area contributed by atoms with E-state index in [9.17, 15) is 9.59 Å². The number of nitrogens with one attached hydrogen (secondary N) is 2. The summed E-state index contributed by atoms with van der Waals surface area (Å²) in [6, 6.07) is 0.114. The molecule has 1 rings (SSSR count). The Morgan fingerprint density at radius 2 is 1.94 bits per heavy atom. The third kappa shape index (κ3) is 3.84. The van der Waals surface area contributed by atoms with Crippen LogP contribution >= 0.6 is 0 Å². The van der Waals surface area contributed by atoms with Crippen molar-refractivity contribution in [1.82, 2.24) is 5.32 Å². The molecule has 1 saturated carbocycles. The van der Waals surface area contributed by atoms with Crippen molar-refractivity contribution in [1.29, 1.82) is 5.41 Å². The number of hydrogen-bond donors (Lipinski definition) is 3. The van der Waals surface area contributed by atoms with Gasteiger partial charge in [-0.1, -0.05) is 26.2 Å². The molecule has 0 spiro atoms. The van der Waals surface area contributed by atoms with Crippen molar-refractivity contribution in [2.24, 2.45) is 5.92 Å². The first-order valence-electron chi connectivity index (χ1n) is 6.18. The fraction of sp³-hybridized carbons (Fsp3) is 0.750. The second-order valence-electron chi connectivity index (χ2n) is 4.52. The minimum absolute atomic E-state index is 0.114. The van der Waals surface area contributed by atoms with Crippen LogP contribution in [0.3, 0.4) is 0 Å². The summed E-state index contributed by atoms with van der Waals surface area (Å²) in [6.45, 7) is 1.67. The van der Waals surface area contributed by atoms with Crippen LogP contribution in [0.15, 0.2) is 0 Å². The Hall–Kier alpha value is -1.39. The fourth-order valence-corrected chi connectivity index (χ4v) is 2.17. The molecule has 0 saturated heterocycles. The maximum atomic E-state index is 11.7. The fourth-order valence-electron chi connectivity index (χ4n) is 2.17. The quantitative estimate of drug-likeness (QED) is 0.637. The summed E-state index contributed by atoms with van der Waals surface area (Å²) >= 11 is 0. The molecule has 0 radical (unpaired) electrons. The van der Waals surface area contributed by atoms with Gasteiger partial charge in [-0.3, -0.25) is 15.0 Å². The van der Waals surface area contributed by atoms with Crippen LogP contribution in [0.5, 0.6) is 0 Å². The van der Waals surface area contributed by atoms with Crippen molar-refractivity contribution in [3.8, 4) is 0 Å². The molecule has 96 valence electrons. The second kappa shape index (κ2) is 6.37. The predicted molar refractivity (Wildman–Crippen MR) is 64.2 cm³/mol. The SMILES string of the molecule is CCC(C(=N)C(=O)NC1CCCCC1)C(=O)O. The molecule has 1 unspecified atom stereocenters. The minimum Gasteiger partial charge on any atom is -0.481 e. The van der Waals surface area contributed by atoms with Crippen molar-refractivity contribution in [2.45, 2.75) is 51.5 Å². The van der Waals surface area contributed by atoms with Gasteiger partial charge in [-0.25, -0.2) is 0 Å². The molecule has 0 aromatic rings. The van der Waals surface area contributed by atoms with Crippen LogP contribution in [0, 0.1) is 11.3 Å². The zero-order chi connectivity index (χ0) is 12.8. The van der Waals surface area contributed by atoms with E-state index < -0.39 is 17.8 Å². The standard InChI is InChI=1S/C12H20N2O3/c1-2-9(12(16)17)10(13)11(15)14-8-6-4-3-5-7-8/h8-9,13H,2-7H2,1H3,(H,14,15)(H,16,17). The lowest BCUT2D eigenvalue weighted by molar-refractivity contribution is -0.140. The molecule has 0 aromatic carbocycles. The Labute approximate surface area is 101 Å². The van der Waals surface area contributed by atoms with Gasteiger partial charge in [0, 0.05) is 6.04 Å². The highest BCUT2D eigenvalue weighted by Crippen LogP contribution is 2.17. The molecule has 1 amide bonds. The third-order valence-corrected chi connectivity index (χ3v) is 3.24. The van der Waals surface area contributed by atoms with Crippen LogP contribution in [0.4, 0.5) is 0 Å². The molecule has 17 heavy (non-hydrogen) atoms. The number of hydrogen-bond acceptors (Lipinski definition) is 3. The van der Waals surface area contributed by atoms with Gasteiger partial charge in [0.25, 0.3) is 5.91 Å². The van der Waals surface area contributed by atoms with Gasteiger partial charge < -0.3 is 10.4 Å². The summed E-state index contributed by atoms with van der Waals surface area (Å²) in [5.74, 6) is -2.61. The Morgan fingerprint density at radius 1 is 1.35 bits per heavy atom. The van der Waals surface area contributed by atoms with E-state index in [0.717, 1.165) is 25.7 Å². The number of amides is 1. The molecule has 5 nitrogen and oxygen atoms in total. The lowest BCUT2D eigenvalue weighted by atomic mass is 9.94. The molecule has 3 N–H and O–H groups in total. The first-order valence-corrected chi connectivity index (χ1v) is 6.18. The number of carboxylic acids is 1. The van der Waals surface area contributed by atoms with E-state index in [-0.39, 0.29) is 18.2 Å². The molecule has 0 bridgehead atoms. The number of aliphatic carboxylic acids is 1. The number of rotatable bonds is 5. The van der Waals surface area contributed by atoms with Gasteiger partial charge >= 0.3 is 5.97 Å². The van der Waals surface area contributed by atoms with E-state index >= 15 is 0 Å². The Kier molecular flexibility index (Phi) is 5.12. The summed E-state index contributed by atoms with van der Waals surface area (Å²) in [4.78, 5) is 22.6. The first kappa shape index (κ1) is 13.7. The van der Waals surface area contributed by atoms with Crippen molar-refractivity contribution >= 4 is 17.6 Å². The Bertz CT molecular complexity index is 309. The topological polar surface area (TPSA) is 90.3 Å². The van der Waals surface area contributed by atoms with Gasteiger partial charge in [0.15, 0.2) is 0 Å². The van der Waals surface area contributed by atoms with E-state index in [1.165, 1.54) is 6.42 Å².